The van der Waals surface area contributed by atoms with E-state index in [1.165, 1.54) is 0 Å². The fourth-order valence-electron chi connectivity index (χ4n) is 2.38. The molecule has 0 aliphatic carbocycles. The summed E-state index contributed by atoms with van der Waals surface area (Å²) in [6, 6.07) is 9.78. The van der Waals surface area contributed by atoms with Gasteiger partial charge in [-0.1, -0.05) is 32.0 Å². The van der Waals surface area contributed by atoms with Crippen molar-refractivity contribution in [3.8, 4) is 0 Å². The van der Waals surface area contributed by atoms with Gasteiger partial charge in [-0.2, -0.15) is 5.10 Å². The lowest BCUT2D eigenvalue weighted by atomic mass is 10.1. The van der Waals surface area contributed by atoms with Crippen LogP contribution in [-0.2, 0) is 18.3 Å². The molecule has 24 heavy (non-hydrogen) atoms. The second-order valence-corrected chi connectivity index (χ2v) is 5.99. The molecular formula is C18H26N4O2. The van der Waals surface area contributed by atoms with Crippen LogP contribution in [0.4, 0.5) is 5.69 Å². The van der Waals surface area contributed by atoms with Gasteiger partial charge in [-0.25, -0.2) is 0 Å². The van der Waals surface area contributed by atoms with Crippen LogP contribution in [0, 0.1) is 0 Å². The summed E-state index contributed by atoms with van der Waals surface area (Å²) in [5.74, 6) is 0.173. The Kier molecular flexibility index (Phi) is 6.37. The molecule has 0 saturated carbocycles. The van der Waals surface area contributed by atoms with Gasteiger partial charge in [0.25, 0.3) is 5.91 Å². The van der Waals surface area contributed by atoms with Crippen molar-refractivity contribution >= 4 is 11.6 Å². The van der Waals surface area contributed by atoms with Gasteiger partial charge in [-0.3, -0.25) is 9.48 Å². The summed E-state index contributed by atoms with van der Waals surface area (Å²) in [6.07, 6.45) is 0. The minimum Gasteiger partial charge on any atom is -0.383 e. The molecule has 0 fully saturated rings. The van der Waals surface area contributed by atoms with Crippen molar-refractivity contribution in [2.45, 2.75) is 26.3 Å². The molecule has 2 N–H and O–H groups in total. The van der Waals surface area contributed by atoms with Gasteiger partial charge in [0.15, 0.2) is 0 Å². The Bertz CT molecular complexity index is 679. The molecule has 1 amide bonds. The largest absolute Gasteiger partial charge is 0.383 e. The van der Waals surface area contributed by atoms with Gasteiger partial charge in [0, 0.05) is 32.9 Å². The molecule has 1 aromatic heterocycles. The van der Waals surface area contributed by atoms with Crippen molar-refractivity contribution in [3.05, 3.63) is 47.3 Å². The Labute approximate surface area is 143 Å². The molecular weight excluding hydrogens is 304 g/mol. The quantitative estimate of drug-likeness (QED) is 0.730. The number of aromatic nitrogens is 2. The molecule has 0 unspecified atom stereocenters. The number of anilines is 1. The van der Waals surface area contributed by atoms with E-state index < -0.39 is 0 Å². The van der Waals surface area contributed by atoms with E-state index in [0.29, 0.717) is 24.8 Å². The zero-order chi connectivity index (χ0) is 17.5. The molecule has 2 rings (SSSR count). The maximum absolute atomic E-state index is 12.4. The number of hydrogen-bond acceptors (Lipinski definition) is 4. The molecule has 6 heteroatoms. The Balaban J connectivity index is 2.01. The molecule has 6 nitrogen and oxygen atoms in total. The number of hydrogen-bond donors (Lipinski definition) is 2. The van der Waals surface area contributed by atoms with Crippen molar-refractivity contribution in [2.24, 2.45) is 7.05 Å². The molecule has 2 aromatic rings. The molecule has 0 saturated heterocycles. The average Bonchev–Trinajstić information content (AvgIpc) is 2.96. The lowest BCUT2D eigenvalue weighted by Gasteiger charge is -2.12. The predicted molar refractivity (Wildman–Crippen MR) is 95.3 cm³/mol. The van der Waals surface area contributed by atoms with E-state index in [2.05, 4.69) is 29.6 Å². The van der Waals surface area contributed by atoms with E-state index in [9.17, 15) is 4.79 Å². The monoisotopic (exact) mass is 330 g/mol. The fourth-order valence-corrected chi connectivity index (χ4v) is 2.38. The molecule has 0 atom stereocenters. The SMILES string of the molecule is COCCNc1ccccc1CNC(=O)c1cc(C(C)C)nn1C. The minimum atomic E-state index is -0.122. The lowest BCUT2D eigenvalue weighted by Crippen LogP contribution is -2.25. The molecule has 0 radical (unpaired) electrons. The summed E-state index contributed by atoms with van der Waals surface area (Å²) < 4.78 is 6.68. The van der Waals surface area contributed by atoms with Crippen LogP contribution >= 0.6 is 0 Å². The van der Waals surface area contributed by atoms with Crippen LogP contribution in [0.2, 0.25) is 0 Å². The zero-order valence-corrected chi connectivity index (χ0v) is 14.8. The normalized spacial score (nSPS) is 10.9. The topological polar surface area (TPSA) is 68.2 Å². The van der Waals surface area contributed by atoms with Crippen molar-refractivity contribution in [2.75, 3.05) is 25.6 Å². The smallest absolute Gasteiger partial charge is 0.269 e. The number of carbonyl (C=O) groups is 1. The Hall–Kier alpha value is -2.34. The van der Waals surface area contributed by atoms with Gasteiger partial charge in [0.05, 0.1) is 12.3 Å². The van der Waals surface area contributed by atoms with Crippen LogP contribution in [0.25, 0.3) is 0 Å². The van der Waals surface area contributed by atoms with E-state index in [4.69, 9.17) is 4.74 Å². The summed E-state index contributed by atoms with van der Waals surface area (Å²) in [6.45, 7) is 5.93. The highest BCUT2D eigenvalue weighted by Crippen LogP contribution is 2.16. The van der Waals surface area contributed by atoms with Gasteiger partial charge in [0.1, 0.15) is 5.69 Å². The third kappa shape index (κ3) is 4.58. The summed E-state index contributed by atoms with van der Waals surface area (Å²) in [4.78, 5) is 12.4. The van der Waals surface area contributed by atoms with E-state index in [1.54, 1.807) is 18.8 Å². The highest BCUT2D eigenvalue weighted by atomic mass is 16.5. The maximum Gasteiger partial charge on any atom is 0.269 e. The summed E-state index contributed by atoms with van der Waals surface area (Å²) >= 11 is 0. The number of benzene rings is 1. The average molecular weight is 330 g/mol. The molecule has 0 bridgehead atoms. The van der Waals surface area contributed by atoms with E-state index in [1.807, 2.05) is 30.3 Å². The second kappa shape index (κ2) is 8.49. The Morgan fingerprint density at radius 3 is 2.75 bits per heavy atom. The van der Waals surface area contributed by atoms with Gasteiger partial charge >= 0.3 is 0 Å². The summed E-state index contributed by atoms with van der Waals surface area (Å²) in [5, 5.41) is 10.7. The van der Waals surface area contributed by atoms with Crippen LogP contribution in [0.15, 0.2) is 30.3 Å². The van der Waals surface area contributed by atoms with Crippen molar-refractivity contribution in [1.29, 1.82) is 0 Å². The molecule has 0 aliphatic rings. The third-order valence-electron chi connectivity index (χ3n) is 3.80. The first-order valence-electron chi connectivity index (χ1n) is 8.15. The summed E-state index contributed by atoms with van der Waals surface area (Å²) in [7, 11) is 3.47. The fraction of sp³-hybridized carbons (Fsp3) is 0.444. The lowest BCUT2D eigenvalue weighted by molar-refractivity contribution is 0.0941. The maximum atomic E-state index is 12.4. The number of rotatable bonds is 8. The highest BCUT2D eigenvalue weighted by molar-refractivity contribution is 5.92. The van der Waals surface area contributed by atoms with Crippen LogP contribution in [0.5, 0.6) is 0 Å². The number of carbonyl (C=O) groups excluding carboxylic acids is 1. The number of nitrogens with zero attached hydrogens (tertiary/aromatic N) is 2. The number of amides is 1. The highest BCUT2D eigenvalue weighted by Gasteiger charge is 2.15. The molecule has 1 aromatic carbocycles. The molecule has 0 aliphatic heterocycles. The second-order valence-electron chi connectivity index (χ2n) is 5.99. The molecule has 1 heterocycles. The first kappa shape index (κ1) is 18.0. The minimum absolute atomic E-state index is 0.122. The first-order chi connectivity index (χ1) is 11.5. The van der Waals surface area contributed by atoms with Gasteiger partial charge < -0.3 is 15.4 Å². The van der Waals surface area contributed by atoms with Crippen LogP contribution in [0.1, 0.15) is 41.5 Å². The van der Waals surface area contributed by atoms with Crippen LogP contribution in [0.3, 0.4) is 0 Å². The third-order valence-corrected chi connectivity index (χ3v) is 3.80. The predicted octanol–water partition coefficient (Wildman–Crippen LogP) is 2.53. The Morgan fingerprint density at radius 2 is 2.08 bits per heavy atom. The van der Waals surface area contributed by atoms with E-state index >= 15 is 0 Å². The standard InChI is InChI=1S/C18H26N4O2/c1-13(2)16-11-17(22(3)21-16)18(23)20-12-14-7-5-6-8-15(14)19-9-10-24-4/h5-8,11,13,19H,9-10,12H2,1-4H3,(H,20,23). The molecule has 0 spiro atoms. The van der Waals surface area contributed by atoms with Gasteiger partial charge in [0.2, 0.25) is 0 Å². The van der Waals surface area contributed by atoms with Gasteiger partial charge in [-0.15, -0.1) is 0 Å². The molecule has 130 valence electrons. The number of para-hydroxylation sites is 1. The van der Waals surface area contributed by atoms with Crippen molar-refractivity contribution < 1.29 is 9.53 Å². The number of methoxy groups -OCH3 is 1. The number of aryl methyl sites for hydroxylation is 1. The Morgan fingerprint density at radius 1 is 1.33 bits per heavy atom. The summed E-state index contributed by atoms with van der Waals surface area (Å²) in [5.41, 5.74) is 3.53. The number of nitrogens with one attached hydrogen (secondary N) is 2. The van der Waals surface area contributed by atoms with Crippen molar-refractivity contribution in [1.82, 2.24) is 15.1 Å². The van der Waals surface area contributed by atoms with E-state index in [-0.39, 0.29) is 5.91 Å². The van der Waals surface area contributed by atoms with E-state index in [0.717, 1.165) is 23.5 Å². The van der Waals surface area contributed by atoms with Crippen molar-refractivity contribution in [3.63, 3.8) is 0 Å². The van der Waals surface area contributed by atoms with Crippen LogP contribution < -0.4 is 10.6 Å². The van der Waals surface area contributed by atoms with Gasteiger partial charge in [-0.05, 0) is 23.6 Å². The van der Waals surface area contributed by atoms with Crippen LogP contribution in [-0.4, -0.2) is 35.9 Å². The first-order valence-corrected chi connectivity index (χ1v) is 8.15. The zero-order valence-electron chi connectivity index (χ0n) is 14.8. The number of ether oxygens (including phenoxy) is 1.